The van der Waals surface area contributed by atoms with Gasteiger partial charge in [0.25, 0.3) is 0 Å². The molecule has 2 saturated carbocycles. The summed E-state index contributed by atoms with van der Waals surface area (Å²) >= 11 is 0. The quantitative estimate of drug-likeness (QED) is 0.813. The maximum atomic E-state index is 14.0. The lowest BCUT2D eigenvalue weighted by Crippen LogP contribution is -2.51. The molecule has 2 aliphatic carbocycles. The van der Waals surface area contributed by atoms with E-state index >= 15 is 0 Å². The van der Waals surface area contributed by atoms with Gasteiger partial charge in [0.1, 0.15) is 11.6 Å². The molecule has 0 spiro atoms. The molecule has 1 saturated heterocycles. The number of halogens is 2. The first kappa shape index (κ1) is 17.5. The number of allylic oxidation sites excluding steroid dienone is 2. The first-order valence-corrected chi connectivity index (χ1v) is 9.06. The second-order valence-corrected chi connectivity index (χ2v) is 7.70. The number of rotatable bonds is 3. The largest absolute Gasteiger partial charge is 0.375 e. The highest BCUT2D eigenvalue weighted by atomic mass is 19.1. The topological polar surface area (TPSA) is 60.2 Å². The Morgan fingerprint density at radius 3 is 2.77 bits per heavy atom. The number of benzene rings is 1. The van der Waals surface area contributed by atoms with Crippen molar-refractivity contribution in [3.63, 3.8) is 0 Å². The van der Waals surface area contributed by atoms with Crippen molar-refractivity contribution in [2.24, 2.45) is 11.3 Å². The Bertz CT molecular complexity index is 786. The van der Waals surface area contributed by atoms with E-state index in [1.54, 1.807) is 0 Å². The number of morpholine rings is 1. The third-order valence-corrected chi connectivity index (χ3v) is 6.19. The van der Waals surface area contributed by atoms with Gasteiger partial charge in [-0.1, -0.05) is 6.07 Å². The molecule has 6 heteroatoms. The third kappa shape index (κ3) is 2.63. The predicted octanol–water partition coefficient (Wildman–Crippen LogP) is 3.41. The Kier molecular flexibility index (Phi) is 4.28. The normalized spacial score (nSPS) is 33.2. The van der Waals surface area contributed by atoms with Crippen molar-refractivity contribution in [2.45, 2.75) is 25.4 Å². The van der Waals surface area contributed by atoms with E-state index in [9.17, 15) is 8.78 Å². The van der Waals surface area contributed by atoms with Crippen LogP contribution in [0.1, 0.15) is 24.8 Å². The third-order valence-electron chi connectivity index (χ3n) is 6.19. The van der Waals surface area contributed by atoms with Crippen LogP contribution in [0.5, 0.6) is 0 Å². The van der Waals surface area contributed by atoms with Gasteiger partial charge < -0.3 is 20.5 Å². The van der Waals surface area contributed by atoms with E-state index in [1.807, 2.05) is 0 Å². The van der Waals surface area contributed by atoms with Gasteiger partial charge in [0.05, 0.1) is 24.0 Å². The number of hydrogen-bond donors (Lipinski definition) is 2. The summed E-state index contributed by atoms with van der Waals surface area (Å²) in [5.41, 5.74) is 0.401. The molecule has 3 aliphatic rings. The molecule has 4 nitrogen and oxygen atoms in total. The van der Waals surface area contributed by atoms with Gasteiger partial charge in [-0.3, -0.25) is 0 Å². The van der Waals surface area contributed by atoms with Crippen molar-refractivity contribution in [3.8, 4) is 0 Å². The van der Waals surface area contributed by atoms with E-state index in [0.29, 0.717) is 12.3 Å². The summed E-state index contributed by atoms with van der Waals surface area (Å²) in [6.07, 6.45) is 4.16. The Morgan fingerprint density at radius 1 is 1.35 bits per heavy atom. The van der Waals surface area contributed by atoms with E-state index < -0.39 is 11.6 Å². The zero-order valence-electron chi connectivity index (χ0n) is 14.8. The van der Waals surface area contributed by atoms with Crippen LogP contribution in [-0.4, -0.2) is 49.2 Å². The molecule has 0 amide bonds. The molecule has 1 aromatic carbocycles. The maximum absolute atomic E-state index is 14.0. The van der Waals surface area contributed by atoms with Crippen molar-refractivity contribution in [2.75, 3.05) is 26.7 Å². The van der Waals surface area contributed by atoms with E-state index in [2.05, 4.69) is 11.9 Å². The molecule has 3 atom stereocenters. The molecule has 4 rings (SSSR count). The molecular weight excluding hydrogens is 336 g/mol. The van der Waals surface area contributed by atoms with E-state index in [0.717, 1.165) is 50.1 Å². The van der Waals surface area contributed by atoms with Crippen molar-refractivity contribution < 1.29 is 13.5 Å². The first-order valence-electron chi connectivity index (χ1n) is 9.06. The van der Waals surface area contributed by atoms with Crippen molar-refractivity contribution in [3.05, 3.63) is 47.0 Å². The standard InChI is InChI=1S/C20H23F2N3O/c1-25-7-8-26-17(11-25)20-6-5-12(10-20)13(19(20)24)9-16(23)18-14(21)3-2-4-15(18)22/h2-4,9,12,17,23-24H,5-8,10-11H2,1H3/b13-9-,23-16?,24-19?/t12-,17+,20+/m1/s1. The van der Waals surface area contributed by atoms with Gasteiger partial charge >= 0.3 is 0 Å². The lowest BCUT2D eigenvalue weighted by molar-refractivity contribution is -0.0651. The maximum Gasteiger partial charge on any atom is 0.135 e. The van der Waals surface area contributed by atoms with E-state index in [1.165, 1.54) is 12.1 Å². The monoisotopic (exact) mass is 359 g/mol. The van der Waals surface area contributed by atoms with Gasteiger partial charge in [-0.15, -0.1) is 0 Å². The molecule has 26 heavy (non-hydrogen) atoms. The highest BCUT2D eigenvalue weighted by molar-refractivity contribution is 6.15. The Labute approximate surface area is 151 Å². The number of nitrogens with zero attached hydrogens (tertiary/aromatic N) is 1. The van der Waals surface area contributed by atoms with Crippen LogP contribution in [0.15, 0.2) is 29.8 Å². The SMILES string of the molecule is CN1CCO[C@H]([C@]23CC[C@H](C2)/C(=C/C(=N)c2c(F)cccc2F)C3=N)C1. The lowest BCUT2D eigenvalue weighted by atomic mass is 9.75. The molecule has 2 bridgehead atoms. The molecule has 0 aromatic heterocycles. The molecule has 2 N–H and O–H groups in total. The first-order chi connectivity index (χ1) is 12.4. The van der Waals surface area contributed by atoms with Crippen LogP contribution in [-0.2, 0) is 4.74 Å². The summed E-state index contributed by atoms with van der Waals surface area (Å²) in [7, 11) is 2.06. The fourth-order valence-electron chi connectivity index (χ4n) is 4.80. The van der Waals surface area contributed by atoms with Gasteiger partial charge in [-0.2, -0.15) is 0 Å². The van der Waals surface area contributed by atoms with Crippen LogP contribution >= 0.6 is 0 Å². The fraction of sp³-hybridized carbons (Fsp3) is 0.500. The Hall–Kier alpha value is -1.92. The van der Waals surface area contributed by atoms with E-state index in [4.69, 9.17) is 15.6 Å². The van der Waals surface area contributed by atoms with Gasteiger partial charge in [-0.05, 0) is 56.0 Å². The number of nitrogens with one attached hydrogen (secondary N) is 2. The van der Waals surface area contributed by atoms with E-state index in [-0.39, 0.29) is 28.7 Å². The fourth-order valence-corrected chi connectivity index (χ4v) is 4.80. The molecule has 0 radical (unpaired) electrons. The second kappa shape index (κ2) is 6.35. The van der Waals surface area contributed by atoms with Crippen LogP contribution in [0.25, 0.3) is 0 Å². The molecule has 1 heterocycles. The molecular formula is C20H23F2N3O. The average Bonchev–Trinajstić information content (AvgIpc) is 3.14. The highest BCUT2D eigenvalue weighted by Crippen LogP contribution is 2.57. The summed E-state index contributed by atoms with van der Waals surface area (Å²) in [5.74, 6) is -1.31. The van der Waals surface area contributed by atoms with Gasteiger partial charge in [0.2, 0.25) is 0 Å². The number of ether oxygens (including phenoxy) is 1. The smallest absolute Gasteiger partial charge is 0.135 e. The molecule has 3 fully saturated rings. The van der Waals surface area contributed by atoms with Gasteiger partial charge in [0, 0.05) is 24.2 Å². The molecule has 1 aromatic rings. The summed E-state index contributed by atoms with van der Waals surface area (Å²) in [6.45, 7) is 2.35. The molecule has 1 aliphatic heterocycles. The number of fused-ring (bicyclic) bond motifs is 2. The van der Waals surface area contributed by atoms with Crippen molar-refractivity contribution in [1.82, 2.24) is 4.90 Å². The minimum absolute atomic E-state index is 0.0240. The highest BCUT2D eigenvalue weighted by Gasteiger charge is 2.57. The summed E-state index contributed by atoms with van der Waals surface area (Å²) in [5, 5.41) is 16.9. The van der Waals surface area contributed by atoms with Gasteiger partial charge in [0.15, 0.2) is 0 Å². The number of likely N-dealkylation sites (N-methyl/N-ethyl adjacent to an activating group) is 1. The minimum Gasteiger partial charge on any atom is -0.375 e. The summed E-state index contributed by atoms with van der Waals surface area (Å²) in [4.78, 5) is 2.22. The Balaban J connectivity index is 1.64. The summed E-state index contributed by atoms with van der Waals surface area (Å²) in [6, 6.07) is 3.61. The number of hydrogen-bond acceptors (Lipinski definition) is 4. The van der Waals surface area contributed by atoms with Crippen LogP contribution < -0.4 is 0 Å². The van der Waals surface area contributed by atoms with Crippen molar-refractivity contribution >= 4 is 11.4 Å². The predicted molar refractivity (Wildman–Crippen MR) is 96.0 cm³/mol. The van der Waals surface area contributed by atoms with Crippen LogP contribution in [0.3, 0.4) is 0 Å². The zero-order valence-corrected chi connectivity index (χ0v) is 14.8. The second-order valence-electron chi connectivity index (χ2n) is 7.70. The van der Waals surface area contributed by atoms with Crippen LogP contribution in [0.2, 0.25) is 0 Å². The van der Waals surface area contributed by atoms with Gasteiger partial charge in [-0.25, -0.2) is 8.78 Å². The van der Waals surface area contributed by atoms with Crippen molar-refractivity contribution in [1.29, 1.82) is 10.8 Å². The molecule has 138 valence electrons. The minimum atomic E-state index is -0.742. The zero-order chi connectivity index (χ0) is 18.5. The molecule has 0 unspecified atom stereocenters. The lowest BCUT2D eigenvalue weighted by Gasteiger charge is -2.41. The summed E-state index contributed by atoms with van der Waals surface area (Å²) < 4.78 is 34.0. The Morgan fingerprint density at radius 2 is 2.08 bits per heavy atom. The van der Waals surface area contributed by atoms with Crippen LogP contribution in [0.4, 0.5) is 8.78 Å². The average molecular weight is 359 g/mol. The van der Waals surface area contributed by atoms with Crippen LogP contribution in [0, 0.1) is 33.8 Å².